The number of pyridine rings is 1. The minimum atomic E-state index is -0.304. The summed E-state index contributed by atoms with van der Waals surface area (Å²) in [6.45, 7) is 0. The van der Waals surface area contributed by atoms with E-state index in [1.807, 2.05) is 42.5 Å². The summed E-state index contributed by atoms with van der Waals surface area (Å²) in [4.78, 5) is 19.0. The van der Waals surface area contributed by atoms with Crippen LogP contribution in [0.15, 0.2) is 77.4 Å². The molecule has 3 aromatic heterocycles. The Kier molecular flexibility index (Phi) is 5.65. The lowest BCUT2D eigenvalue weighted by molar-refractivity contribution is 0.103. The van der Waals surface area contributed by atoms with Gasteiger partial charge in [0.25, 0.3) is 5.91 Å². The number of carbonyl (C=O) groups excluding carboxylic acids is 1. The molecule has 0 unspecified atom stereocenters. The van der Waals surface area contributed by atoms with Crippen LogP contribution >= 0.6 is 11.3 Å². The van der Waals surface area contributed by atoms with Gasteiger partial charge in [-0.3, -0.25) is 4.79 Å². The highest BCUT2D eigenvalue weighted by atomic mass is 32.1. The van der Waals surface area contributed by atoms with E-state index in [-0.39, 0.29) is 5.91 Å². The van der Waals surface area contributed by atoms with Crippen LogP contribution in [0.1, 0.15) is 9.67 Å². The summed E-state index contributed by atoms with van der Waals surface area (Å²) in [6.07, 6.45) is 1.61. The van der Waals surface area contributed by atoms with Crippen LogP contribution in [-0.2, 0) is 0 Å². The Bertz CT molecular complexity index is 1460. The number of fused-ring (bicyclic) bond motifs is 1. The van der Waals surface area contributed by atoms with Gasteiger partial charge in [0.15, 0.2) is 0 Å². The van der Waals surface area contributed by atoms with Crippen LogP contribution in [0.25, 0.3) is 32.8 Å². The highest BCUT2D eigenvalue weighted by molar-refractivity contribution is 7.21. The zero-order valence-electron chi connectivity index (χ0n) is 18.5. The molecule has 2 aromatic carbocycles. The van der Waals surface area contributed by atoms with Crippen LogP contribution in [0.2, 0.25) is 0 Å². The first-order chi connectivity index (χ1) is 16.6. The Morgan fingerprint density at radius 1 is 1.00 bits per heavy atom. The van der Waals surface area contributed by atoms with Crippen molar-refractivity contribution in [2.45, 2.75) is 0 Å². The third-order valence-electron chi connectivity index (χ3n) is 5.43. The summed E-state index contributed by atoms with van der Waals surface area (Å²) < 4.78 is 16.1. The van der Waals surface area contributed by atoms with E-state index in [0.29, 0.717) is 38.0 Å². The quantitative estimate of drug-likeness (QED) is 0.312. The maximum atomic E-state index is 13.1. The monoisotopic (exact) mass is 471 g/mol. The molecule has 0 radical (unpaired) electrons. The third-order valence-corrected chi connectivity index (χ3v) is 6.52. The molecule has 0 saturated heterocycles. The van der Waals surface area contributed by atoms with E-state index in [1.54, 1.807) is 44.7 Å². The Morgan fingerprint density at radius 3 is 2.29 bits per heavy atom. The summed E-state index contributed by atoms with van der Waals surface area (Å²) in [7, 11) is 3.22. The van der Waals surface area contributed by atoms with Crippen molar-refractivity contribution in [3.05, 3.63) is 77.9 Å². The number of anilines is 2. The summed E-state index contributed by atoms with van der Waals surface area (Å²) in [5, 5.41) is 3.59. The summed E-state index contributed by atoms with van der Waals surface area (Å²) in [5.41, 5.74) is 9.94. The number of thiophene rings is 1. The molecule has 34 heavy (non-hydrogen) atoms. The molecule has 0 aliphatic heterocycles. The summed E-state index contributed by atoms with van der Waals surface area (Å²) in [5.74, 6) is 1.81. The lowest BCUT2D eigenvalue weighted by Crippen LogP contribution is -2.11. The maximum absolute atomic E-state index is 13.1. The minimum absolute atomic E-state index is 0.304. The second-order valence-corrected chi connectivity index (χ2v) is 8.47. The fraction of sp³-hybridized carbons (Fsp3) is 0.0769. The topological polar surface area (TPSA) is 99.6 Å². The van der Waals surface area contributed by atoms with Gasteiger partial charge < -0.3 is 24.9 Å². The van der Waals surface area contributed by atoms with Crippen molar-refractivity contribution in [3.8, 4) is 34.1 Å². The molecule has 170 valence electrons. The molecule has 0 aliphatic rings. The van der Waals surface area contributed by atoms with E-state index in [2.05, 4.69) is 5.32 Å². The fourth-order valence-electron chi connectivity index (χ4n) is 3.69. The Hall–Kier alpha value is -4.30. The second kappa shape index (κ2) is 8.92. The molecule has 5 aromatic rings. The number of hydrogen-bond acceptors (Lipinski definition) is 7. The number of hydrogen-bond donors (Lipinski definition) is 2. The Balaban J connectivity index is 1.59. The number of nitrogens with two attached hydrogens (primary N) is 1. The predicted molar refractivity (Wildman–Crippen MR) is 135 cm³/mol. The van der Waals surface area contributed by atoms with Gasteiger partial charge in [0, 0.05) is 22.2 Å². The number of amides is 1. The number of furan rings is 1. The van der Waals surface area contributed by atoms with Gasteiger partial charge in [-0.15, -0.1) is 11.3 Å². The maximum Gasteiger partial charge on any atom is 0.267 e. The lowest BCUT2D eigenvalue weighted by atomic mass is 10.0. The number of ether oxygens (including phenoxy) is 2. The third kappa shape index (κ3) is 3.95. The molecule has 0 spiro atoms. The van der Waals surface area contributed by atoms with Crippen molar-refractivity contribution in [2.24, 2.45) is 0 Å². The molecule has 3 heterocycles. The second-order valence-electron chi connectivity index (χ2n) is 7.47. The van der Waals surface area contributed by atoms with Gasteiger partial charge in [0.05, 0.1) is 31.9 Å². The van der Waals surface area contributed by atoms with Gasteiger partial charge in [-0.05, 0) is 66.7 Å². The van der Waals surface area contributed by atoms with Crippen molar-refractivity contribution in [3.63, 3.8) is 0 Å². The average Bonchev–Trinajstić information content (AvgIpc) is 3.52. The summed E-state index contributed by atoms with van der Waals surface area (Å²) >= 11 is 1.25. The average molecular weight is 472 g/mol. The van der Waals surface area contributed by atoms with Gasteiger partial charge in [0.1, 0.15) is 27.0 Å². The first kappa shape index (κ1) is 21.5. The zero-order chi connectivity index (χ0) is 23.7. The van der Waals surface area contributed by atoms with E-state index in [9.17, 15) is 4.79 Å². The van der Waals surface area contributed by atoms with Crippen molar-refractivity contribution >= 4 is 38.8 Å². The van der Waals surface area contributed by atoms with Gasteiger partial charge in [-0.1, -0.05) is 0 Å². The number of aromatic nitrogens is 1. The molecule has 0 saturated carbocycles. The molecule has 0 bridgehead atoms. The molecule has 3 N–H and O–H groups in total. The van der Waals surface area contributed by atoms with Gasteiger partial charge in [-0.25, -0.2) is 4.98 Å². The molecule has 1 amide bonds. The molecule has 0 atom stereocenters. The largest absolute Gasteiger partial charge is 0.497 e. The minimum Gasteiger partial charge on any atom is -0.497 e. The molecule has 8 heteroatoms. The normalized spacial score (nSPS) is 10.9. The van der Waals surface area contributed by atoms with E-state index >= 15 is 0 Å². The highest BCUT2D eigenvalue weighted by Crippen LogP contribution is 2.41. The zero-order valence-corrected chi connectivity index (χ0v) is 19.3. The van der Waals surface area contributed by atoms with Crippen LogP contribution in [0.3, 0.4) is 0 Å². The molecule has 7 nitrogen and oxygen atoms in total. The number of rotatable bonds is 6. The summed E-state index contributed by atoms with van der Waals surface area (Å²) in [6, 6.07) is 20.3. The van der Waals surface area contributed by atoms with Crippen molar-refractivity contribution < 1.29 is 18.7 Å². The first-order valence-corrected chi connectivity index (χ1v) is 11.3. The standard InChI is InChI=1S/C26H21N3O4S/c1-31-17-9-5-15(6-10-17)20-14-19(21-4-3-13-33-21)22-23(27)24(34-26(22)29-20)25(30)28-16-7-11-18(32-2)12-8-16/h3-14H,27H2,1-2H3,(H,28,30). The van der Waals surface area contributed by atoms with Gasteiger partial charge >= 0.3 is 0 Å². The van der Waals surface area contributed by atoms with Gasteiger partial charge in [-0.2, -0.15) is 0 Å². The highest BCUT2D eigenvalue weighted by Gasteiger charge is 2.22. The van der Waals surface area contributed by atoms with Crippen molar-refractivity contribution in [2.75, 3.05) is 25.3 Å². The molecular weight excluding hydrogens is 450 g/mol. The number of nitrogen functional groups attached to an aromatic ring is 1. The smallest absolute Gasteiger partial charge is 0.267 e. The van der Waals surface area contributed by atoms with Crippen LogP contribution < -0.4 is 20.5 Å². The molecule has 0 fully saturated rings. The van der Waals surface area contributed by atoms with Crippen LogP contribution in [-0.4, -0.2) is 25.1 Å². The van der Waals surface area contributed by atoms with Crippen LogP contribution in [0.4, 0.5) is 11.4 Å². The number of nitrogens with one attached hydrogen (secondary N) is 1. The fourth-order valence-corrected chi connectivity index (χ4v) is 4.70. The first-order valence-electron chi connectivity index (χ1n) is 10.4. The van der Waals surface area contributed by atoms with E-state index < -0.39 is 0 Å². The van der Waals surface area contributed by atoms with E-state index in [1.165, 1.54) is 11.3 Å². The van der Waals surface area contributed by atoms with E-state index in [0.717, 1.165) is 22.6 Å². The Labute approximate surface area is 199 Å². The number of nitrogens with zero attached hydrogens (tertiary/aromatic N) is 1. The van der Waals surface area contributed by atoms with Crippen LogP contribution in [0.5, 0.6) is 11.5 Å². The van der Waals surface area contributed by atoms with Crippen molar-refractivity contribution in [1.29, 1.82) is 0 Å². The number of benzene rings is 2. The molecule has 0 aliphatic carbocycles. The number of methoxy groups -OCH3 is 2. The van der Waals surface area contributed by atoms with Gasteiger partial charge in [0.2, 0.25) is 0 Å². The Morgan fingerprint density at radius 2 is 1.68 bits per heavy atom. The predicted octanol–water partition coefficient (Wildman–Crippen LogP) is 6.08. The lowest BCUT2D eigenvalue weighted by Gasteiger charge is -2.08. The van der Waals surface area contributed by atoms with Crippen molar-refractivity contribution in [1.82, 2.24) is 4.98 Å². The van der Waals surface area contributed by atoms with Crippen LogP contribution in [0, 0.1) is 0 Å². The van der Waals surface area contributed by atoms with E-state index in [4.69, 9.17) is 24.6 Å². The molecule has 5 rings (SSSR count). The number of carbonyl (C=O) groups is 1. The molecular formula is C26H21N3O4S. The SMILES string of the molecule is COc1ccc(NC(=O)c2sc3nc(-c4ccc(OC)cc4)cc(-c4ccco4)c3c2N)cc1.